The van der Waals surface area contributed by atoms with Crippen LogP contribution in [0.3, 0.4) is 0 Å². The maximum absolute atomic E-state index is 12.1. The van der Waals surface area contributed by atoms with Crippen molar-refractivity contribution in [3.8, 4) is 5.75 Å². The minimum absolute atomic E-state index is 0.0913. The smallest absolute Gasteiger partial charge is 0.239 e. The number of rotatable bonds is 6. The topological polar surface area (TPSA) is 41.6 Å². The summed E-state index contributed by atoms with van der Waals surface area (Å²) in [5.41, 5.74) is 1.25. The molecule has 1 heterocycles. The van der Waals surface area contributed by atoms with Crippen LogP contribution in [0.4, 0.5) is 0 Å². The van der Waals surface area contributed by atoms with Crippen LogP contribution < -0.4 is 10.1 Å². The van der Waals surface area contributed by atoms with Crippen molar-refractivity contribution in [2.24, 2.45) is 0 Å². The van der Waals surface area contributed by atoms with E-state index in [1.54, 1.807) is 7.11 Å². The van der Waals surface area contributed by atoms with Crippen molar-refractivity contribution in [2.75, 3.05) is 26.7 Å². The van der Waals surface area contributed by atoms with E-state index in [1.165, 1.54) is 5.56 Å². The summed E-state index contributed by atoms with van der Waals surface area (Å²) in [6.07, 6.45) is 3.20. The number of nitrogens with zero attached hydrogens (tertiary/aromatic N) is 1. The number of hydrogen-bond acceptors (Lipinski definition) is 3. The van der Waals surface area contributed by atoms with Crippen LogP contribution in [0.1, 0.15) is 25.3 Å². The largest absolute Gasteiger partial charge is 0.497 e. The third-order valence-corrected chi connectivity index (χ3v) is 3.81. The van der Waals surface area contributed by atoms with Gasteiger partial charge in [0.2, 0.25) is 5.91 Å². The minimum atomic E-state index is -0.0913. The van der Waals surface area contributed by atoms with Gasteiger partial charge in [-0.05, 0) is 50.4 Å². The molecule has 1 fully saturated rings. The lowest BCUT2D eigenvalue weighted by Crippen LogP contribution is -2.44. The fourth-order valence-corrected chi connectivity index (χ4v) is 2.52. The SMILES string of the molecule is COc1ccc(CCNC(C)C(=O)N2CCCC2)cc1. The van der Waals surface area contributed by atoms with Crippen LogP contribution in [0.2, 0.25) is 0 Å². The lowest BCUT2D eigenvalue weighted by molar-refractivity contribution is -0.131. The fourth-order valence-electron chi connectivity index (χ4n) is 2.52. The summed E-state index contributed by atoms with van der Waals surface area (Å²) in [5, 5.41) is 3.31. The van der Waals surface area contributed by atoms with Crippen molar-refractivity contribution < 1.29 is 9.53 Å². The Kier molecular flexibility index (Phi) is 5.41. The second-order valence-corrected chi connectivity index (χ2v) is 5.31. The Balaban J connectivity index is 1.72. The van der Waals surface area contributed by atoms with E-state index in [4.69, 9.17) is 4.74 Å². The molecule has 1 amide bonds. The van der Waals surface area contributed by atoms with E-state index in [9.17, 15) is 4.79 Å². The molecular weight excluding hydrogens is 252 g/mol. The van der Waals surface area contributed by atoms with Crippen LogP contribution in [-0.4, -0.2) is 43.6 Å². The molecule has 0 saturated carbocycles. The highest BCUT2D eigenvalue weighted by molar-refractivity contribution is 5.81. The molecule has 1 aliphatic rings. The lowest BCUT2D eigenvalue weighted by Gasteiger charge is -2.21. The zero-order valence-corrected chi connectivity index (χ0v) is 12.4. The van der Waals surface area contributed by atoms with E-state index >= 15 is 0 Å². The molecule has 1 aromatic rings. The van der Waals surface area contributed by atoms with Gasteiger partial charge in [-0.1, -0.05) is 12.1 Å². The summed E-state index contributed by atoms with van der Waals surface area (Å²) in [5.74, 6) is 1.11. The van der Waals surface area contributed by atoms with Crippen molar-refractivity contribution >= 4 is 5.91 Å². The minimum Gasteiger partial charge on any atom is -0.497 e. The highest BCUT2D eigenvalue weighted by Crippen LogP contribution is 2.12. The van der Waals surface area contributed by atoms with Gasteiger partial charge in [-0.3, -0.25) is 4.79 Å². The number of likely N-dealkylation sites (tertiary alicyclic amines) is 1. The van der Waals surface area contributed by atoms with Gasteiger partial charge in [-0.15, -0.1) is 0 Å². The second kappa shape index (κ2) is 7.29. The summed E-state index contributed by atoms with van der Waals surface area (Å²) in [4.78, 5) is 14.1. The van der Waals surface area contributed by atoms with E-state index in [-0.39, 0.29) is 11.9 Å². The van der Waals surface area contributed by atoms with Crippen LogP contribution in [0.15, 0.2) is 24.3 Å². The Bertz CT molecular complexity index is 425. The van der Waals surface area contributed by atoms with E-state index in [0.29, 0.717) is 0 Å². The molecule has 4 heteroatoms. The van der Waals surface area contributed by atoms with Gasteiger partial charge >= 0.3 is 0 Å². The molecule has 1 aromatic carbocycles. The van der Waals surface area contributed by atoms with E-state index in [2.05, 4.69) is 17.4 Å². The number of benzene rings is 1. The van der Waals surface area contributed by atoms with Crippen LogP contribution in [0, 0.1) is 0 Å². The number of hydrogen-bond donors (Lipinski definition) is 1. The number of nitrogens with one attached hydrogen (secondary N) is 1. The van der Waals surface area contributed by atoms with E-state index in [0.717, 1.165) is 44.6 Å². The molecule has 0 aliphatic carbocycles. The van der Waals surface area contributed by atoms with Gasteiger partial charge in [0, 0.05) is 13.1 Å². The standard InChI is InChI=1S/C16H24N2O2/c1-13(16(19)18-11-3-4-12-18)17-10-9-14-5-7-15(20-2)8-6-14/h5-8,13,17H,3-4,9-12H2,1-2H3. The Labute approximate surface area is 121 Å². The summed E-state index contributed by atoms with van der Waals surface area (Å²) in [6.45, 7) is 4.61. The Morgan fingerprint density at radius 2 is 1.95 bits per heavy atom. The third-order valence-electron chi connectivity index (χ3n) is 3.81. The normalized spacial score (nSPS) is 16.2. The maximum atomic E-state index is 12.1. The Morgan fingerprint density at radius 1 is 1.30 bits per heavy atom. The molecular formula is C16H24N2O2. The maximum Gasteiger partial charge on any atom is 0.239 e. The molecule has 110 valence electrons. The quantitative estimate of drug-likeness (QED) is 0.862. The molecule has 1 N–H and O–H groups in total. The lowest BCUT2D eigenvalue weighted by atomic mass is 10.1. The summed E-state index contributed by atoms with van der Waals surface area (Å²) < 4.78 is 5.13. The van der Waals surface area contributed by atoms with Crippen molar-refractivity contribution in [3.63, 3.8) is 0 Å². The molecule has 4 nitrogen and oxygen atoms in total. The van der Waals surface area contributed by atoms with Crippen molar-refractivity contribution in [3.05, 3.63) is 29.8 Å². The molecule has 1 unspecified atom stereocenters. The summed E-state index contributed by atoms with van der Waals surface area (Å²) in [6, 6.07) is 7.97. The first kappa shape index (κ1) is 14.9. The highest BCUT2D eigenvalue weighted by atomic mass is 16.5. The number of carbonyl (C=O) groups is 1. The third kappa shape index (κ3) is 3.97. The predicted molar refractivity (Wildman–Crippen MR) is 80.0 cm³/mol. The van der Waals surface area contributed by atoms with Gasteiger partial charge in [0.05, 0.1) is 13.2 Å². The van der Waals surface area contributed by atoms with Crippen molar-refractivity contribution in [1.82, 2.24) is 10.2 Å². The molecule has 20 heavy (non-hydrogen) atoms. The molecule has 0 spiro atoms. The molecule has 2 rings (SSSR count). The molecule has 0 radical (unpaired) electrons. The number of ether oxygens (including phenoxy) is 1. The van der Waals surface area contributed by atoms with Gasteiger partial charge in [0.25, 0.3) is 0 Å². The van der Waals surface area contributed by atoms with Crippen LogP contribution >= 0.6 is 0 Å². The molecule has 0 aromatic heterocycles. The summed E-state index contributed by atoms with van der Waals surface area (Å²) >= 11 is 0. The monoisotopic (exact) mass is 276 g/mol. The van der Waals surface area contributed by atoms with Crippen LogP contribution in [0.5, 0.6) is 5.75 Å². The molecule has 0 bridgehead atoms. The first-order valence-corrected chi connectivity index (χ1v) is 7.36. The van der Waals surface area contributed by atoms with Crippen LogP contribution in [0.25, 0.3) is 0 Å². The Morgan fingerprint density at radius 3 is 2.55 bits per heavy atom. The number of amides is 1. The number of carbonyl (C=O) groups excluding carboxylic acids is 1. The number of methoxy groups -OCH3 is 1. The van der Waals surface area contributed by atoms with Crippen molar-refractivity contribution in [1.29, 1.82) is 0 Å². The highest BCUT2D eigenvalue weighted by Gasteiger charge is 2.22. The Hall–Kier alpha value is -1.55. The molecule has 1 saturated heterocycles. The molecule has 1 aliphatic heterocycles. The van der Waals surface area contributed by atoms with Gasteiger partial charge in [-0.25, -0.2) is 0 Å². The predicted octanol–water partition coefficient (Wildman–Crippen LogP) is 1.84. The van der Waals surface area contributed by atoms with Gasteiger partial charge in [-0.2, -0.15) is 0 Å². The summed E-state index contributed by atoms with van der Waals surface area (Å²) in [7, 11) is 1.67. The zero-order valence-electron chi connectivity index (χ0n) is 12.4. The zero-order chi connectivity index (χ0) is 14.4. The van der Waals surface area contributed by atoms with Crippen molar-refractivity contribution in [2.45, 2.75) is 32.2 Å². The van der Waals surface area contributed by atoms with Crippen LogP contribution in [-0.2, 0) is 11.2 Å². The van der Waals surface area contributed by atoms with Gasteiger partial charge < -0.3 is 15.0 Å². The second-order valence-electron chi connectivity index (χ2n) is 5.31. The molecule has 1 atom stereocenters. The van der Waals surface area contributed by atoms with Gasteiger partial charge in [0.1, 0.15) is 5.75 Å². The first-order chi connectivity index (χ1) is 9.70. The fraction of sp³-hybridized carbons (Fsp3) is 0.562. The first-order valence-electron chi connectivity index (χ1n) is 7.36. The van der Waals surface area contributed by atoms with E-state index in [1.807, 2.05) is 24.0 Å². The average molecular weight is 276 g/mol. The average Bonchev–Trinajstić information content (AvgIpc) is 3.01. The van der Waals surface area contributed by atoms with Gasteiger partial charge in [0.15, 0.2) is 0 Å². The van der Waals surface area contributed by atoms with E-state index < -0.39 is 0 Å².